The Morgan fingerprint density at radius 1 is 1.48 bits per heavy atom. The van der Waals surface area contributed by atoms with Gasteiger partial charge in [-0.2, -0.15) is 0 Å². The number of furan rings is 1. The smallest absolute Gasteiger partial charge is 0.226 e. The lowest BCUT2D eigenvalue weighted by Gasteiger charge is -2.23. The molecule has 1 atom stereocenters. The summed E-state index contributed by atoms with van der Waals surface area (Å²) in [7, 11) is 0. The Kier molecular flexibility index (Phi) is 8.05. The van der Waals surface area contributed by atoms with Gasteiger partial charge < -0.3 is 15.1 Å². The van der Waals surface area contributed by atoms with Crippen LogP contribution in [0.1, 0.15) is 24.3 Å². The molecule has 0 aliphatic carbocycles. The molecule has 3 rings (SSSR count). The monoisotopic (exact) mass is 377 g/mol. The second kappa shape index (κ2) is 9.27. The number of amides is 1. The van der Waals surface area contributed by atoms with Gasteiger partial charge in [-0.15, -0.1) is 36.2 Å². The highest BCUT2D eigenvalue weighted by molar-refractivity contribution is 7.13. The third-order valence-corrected chi connectivity index (χ3v) is 4.41. The number of piperidine rings is 1. The van der Waals surface area contributed by atoms with E-state index in [1.54, 1.807) is 0 Å². The summed E-state index contributed by atoms with van der Waals surface area (Å²) in [6, 6.07) is 4.07. The maximum atomic E-state index is 12.0. The first-order valence-corrected chi connectivity index (χ1v) is 8.10. The van der Waals surface area contributed by atoms with Gasteiger partial charge in [0.1, 0.15) is 5.76 Å². The molecule has 5 nitrogen and oxygen atoms in total. The molecule has 2 aromatic heterocycles. The molecular formula is C15H21Cl2N3O2S. The van der Waals surface area contributed by atoms with Crippen LogP contribution >= 0.6 is 36.2 Å². The quantitative estimate of drug-likeness (QED) is 0.859. The molecule has 3 heterocycles. The van der Waals surface area contributed by atoms with Crippen LogP contribution in [0.4, 0.5) is 0 Å². The molecule has 0 aromatic carbocycles. The van der Waals surface area contributed by atoms with Crippen LogP contribution in [0.15, 0.2) is 21.9 Å². The van der Waals surface area contributed by atoms with Crippen molar-refractivity contribution >= 4 is 42.1 Å². The molecular weight excluding hydrogens is 357 g/mol. The van der Waals surface area contributed by atoms with Crippen LogP contribution in [0.5, 0.6) is 0 Å². The van der Waals surface area contributed by atoms with E-state index < -0.39 is 0 Å². The minimum atomic E-state index is 0. The maximum absolute atomic E-state index is 12.0. The van der Waals surface area contributed by atoms with Crippen molar-refractivity contribution in [1.82, 2.24) is 15.6 Å². The average Bonchev–Trinajstić information content (AvgIpc) is 3.09. The number of carbonyl (C=O) groups is 1. The first-order chi connectivity index (χ1) is 10.2. The Labute approximate surface area is 152 Å². The summed E-state index contributed by atoms with van der Waals surface area (Å²) >= 11 is 1.51. The molecule has 8 heteroatoms. The molecule has 128 valence electrons. The van der Waals surface area contributed by atoms with Crippen molar-refractivity contribution in [2.24, 2.45) is 0 Å². The lowest BCUT2D eigenvalue weighted by molar-refractivity contribution is -0.121. The van der Waals surface area contributed by atoms with Crippen molar-refractivity contribution in [3.8, 4) is 10.8 Å². The van der Waals surface area contributed by atoms with Gasteiger partial charge in [0.25, 0.3) is 0 Å². The molecule has 2 aromatic rings. The van der Waals surface area contributed by atoms with Crippen LogP contribution in [-0.4, -0.2) is 30.0 Å². The number of hydrogen-bond acceptors (Lipinski definition) is 5. The van der Waals surface area contributed by atoms with Gasteiger partial charge in [0.15, 0.2) is 10.8 Å². The van der Waals surface area contributed by atoms with E-state index in [0.717, 1.165) is 48.2 Å². The number of rotatable bonds is 4. The standard InChI is InChI=1S/C15H19N3O2S.2ClH/c1-10-4-5-13(20-10)15-18-12(9-21-15)7-14(19)17-11-3-2-6-16-8-11;;/h4-5,9,11,16H,2-3,6-8H2,1H3,(H,17,19);2*1H/t11-;;/m0../s1. The van der Waals surface area contributed by atoms with E-state index in [-0.39, 0.29) is 36.8 Å². The Morgan fingerprint density at radius 2 is 2.30 bits per heavy atom. The largest absolute Gasteiger partial charge is 0.459 e. The summed E-state index contributed by atoms with van der Waals surface area (Å²) in [6.45, 7) is 3.81. The molecule has 1 aliphatic rings. The van der Waals surface area contributed by atoms with Crippen molar-refractivity contribution in [1.29, 1.82) is 0 Å². The molecule has 0 spiro atoms. The number of thiazole rings is 1. The van der Waals surface area contributed by atoms with E-state index >= 15 is 0 Å². The van der Waals surface area contributed by atoms with Crippen LogP contribution in [0.25, 0.3) is 10.8 Å². The number of carbonyl (C=O) groups excluding carboxylic acids is 1. The van der Waals surface area contributed by atoms with E-state index in [9.17, 15) is 4.79 Å². The fraction of sp³-hybridized carbons (Fsp3) is 0.467. The SMILES string of the molecule is Cc1ccc(-c2nc(CC(=O)N[C@H]3CCCNC3)cs2)o1.Cl.Cl. The summed E-state index contributed by atoms with van der Waals surface area (Å²) < 4.78 is 5.55. The van der Waals surface area contributed by atoms with Crippen LogP contribution < -0.4 is 10.6 Å². The van der Waals surface area contributed by atoms with Gasteiger partial charge in [0.2, 0.25) is 5.91 Å². The third-order valence-electron chi connectivity index (χ3n) is 3.51. The molecule has 23 heavy (non-hydrogen) atoms. The van der Waals surface area contributed by atoms with Gasteiger partial charge in [0.05, 0.1) is 12.1 Å². The maximum Gasteiger partial charge on any atom is 0.226 e. The van der Waals surface area contributed by atoms with E-state index in [2.05, 4.69) is 15.6 Å². The van der Waals surface area contributed by atoms with Crippen LogP contribution in [-0.2, 0) is 11.2 Å². The highest BCUT2D eigenvalue weighted by Gasteiger charge is 2.16. The molecule has 0 unspecified atom stereocenters. The van der Waals surface area contributed by atoms with Gasteiger partial charge >= 0.3 is 0 Å². The number of nitrogens with one attached hydrogen (secondary N) is 2. The van der Waals surface area contributed by atoms with Crippen molar-refractivity contribution < 1.29 is 9.21 Å². The van der Waals surface area contributed by atoms with Crippen LogP contribution in [0.2, 0.25) is 0 Å². The highest BCUT2D eigenvalue weighted by atomic mass is 35.5. The summed E-state index contributed by atoms with van der Waals surface area (Å²) in [5.74, 6) is 1.67. The van der Waals surface area contributed by atoms with Gasteiger partial charge in [-0.3, -0.25) is 4.79 Å². The van der Waals surface area contributed by atoms with E-state index in [0.29, 0.717) is 6.42 Å². The van der Waals surface area contributed by atoms with Crippen LogP contribution in [0.3, 0.4) is 0 Å². The minimum absolute atomic E-state index is 0. The van der Waals surface area contributed by atoms with Crippen molar-refractivity contribution in [3.05, 3.63) is 29.0 Å². The second-order valence-electron chi connectivity index (χ2n) is 5.34. The highest BCUT2D eigenvalue weighted by Crippen LogP contribution is 2.25. The third kappa shape index (κ3) is 5.49. The first kappa shape index (κ1) is 20.0. The Morgan fingerprint density at radius 3 is 2.96 bits per heavy atom. The van der Waals surface area contributed by atoms with E-state index in [4.69, 9.17) is 4.42 Å². The molecule has 1 saturated heterocycles. The first-order valence-electron chi connectivity index (χ1n) is 7.22. The van der Waals surface area contributed by atoms with E-state index in [1.807, 2.05) is 24.4 Å². The molecule has 0 bridgehead atoms. The molecule has 0 radical (unpaired) electrons. The Balaban J connectivity index is 0.00000132. The Hall–Kier alpha value is -1.08. The predicted octanol–water partition coefficient (Wildman–Crippen LogP) is 2.97. The fourth-order valence-corrected chi connectivity index (χ4v) is 3.25. The zero-order chi connectivity index (χ0) is 14.7. The summed E-state index contributed by atoms with van der Waals surface area (Å²) in [5, 5.41) is 9.10. The van der Waals surface area contributed by atoms with Gasteiger partial charge in [0, 0.05) is 18.0 Å². The molecule has 2 N–H and O–H groups in total. The number of aryl methyl sites for hydroxylation is 1. The summed E-state index contributed by atoms with van der Waals surface area (Å²) in [6.07, 6.45) is 2.49. The van der Waals surface area contributed by atoms with Crippen molar-refractivity contribution in [2.45, 2.75) is 32.2 Å². The summed E-state index contributed by atoms with van der Waals surface area (Å²) in [4.78, 5) is 16.5. The molecule has 1 fully saturated rings. The Bertz CT molecular complexity index is 624. The number of hydrogen-bond donors (Lipinski definition) is 2. The fourth-order valence-electron chi connectivity index (χ4n) is 2.47. The van der Waals surface area contributed by atoms with Crippen LogP contribution in [0, 0.1) is 6.92 Å². The second-order valence-corrected chi connectivity index (χ2v) is 6.20. The number of halogens is 2. The molecule has 1 amide bonds. The van der Waals surface area contributed by atoms with Gasteiger partial charge in [-0.1, -0.05) is 0 Å². The molecule has 0 saturated carbocycles. The zero-order valence-corrected chi connectivity index (χ0v) is 15.3. The molecule has 1 aliphatic heterocycles. The van der Waals surface area contributed by atoms with Crippen molar-refractivity contribution in [2.75, 3.05) is 13.1 Å². The average molecular weight is 378 g/mol. The lowest BCUT2D eigenvalue weighted by Crippen LogP contribution is -2.46. The lowest BCUT2D eigenvalue weighted by atomic mass is 10.1. The van der Waals surface area contributed by atoms with E-state index in [1.165, 1.54) is 11.3 Å². The van der Waals surface area contributed by atoms with Gasteiger partial charge in [-0.05, 0) is 38.4 Å². The predicted molar refractivity (Wildman–Crippen MR) is 96.8 cm³/mol. The minimum Gasteiger partial charge on any atom is -0.459 e. The summed E-state index contributed by atoms with van der Waals surface area (Å²) in [5.41, 5.74) is 0.797. The topological polar surface area (TPSA) is 67.2 Å². The number of nitrogens with zero attached hydrogens (tertiary/aromatic N) is 1. The normalized spacial score (nSPS) is 17.0. The number of aromatic nitrogens is 1. The van der Waals surface area contributed by atoms with Gasteiger partial charge in [-0.25, -0.2) is 4.98 Å². The van der Waals surface area contributed by atoms with Crippen molar-refractivity contribution in [3.63, 3.8) is 0 Å². The zero-order valence-electron chi connectivity index (χ0n) is 12.8.